The zero-order valence-electron chi connectivity index (χ0n) is 12.5. The smallest absolute Gasteiger partial charge is 0.0532 e. The van der Waals surface area contributed by atoms with Crippen LogP contribution in [0.25, 0.3) is 10.9 Å². The summed E-state index contributed by atoms with van der Waals surface area (Å²) in [5, 5.41) is 1.45. The monoisotopic (exact) mass is 268 g/mol. The summed E-state index contributed by atoms with van der Waals surface area (Å²) >= 11 is 0. The number of piperidine rings is 1. The predicted molar refractivity (Wildman–Crippen MR) is 83.9 cm³/mol. The molecule has 4 rings (SSSR count). The molecule has 0 amide bonds. The van der Waals surface area contributed by atoms with Gasteiger partial charge in [-0.3, -0.25) is 4.90 Å². The second-order valence-corrected chi connectivity index (χ2v) is 6.84. The molecule has 20 heavy (non-hydrogen) atoms. The van der Waals surface area contributed by atoms with Crippen LogP contribution in [0.4, 0.5) is 0 Å². The molecule has 2 unspecified atom stereocenters. The Kier molecular flexibility index (Phi) is 2.88. The molecular formula is C18H24N2. The zero-order valence-corrected chi connectivity index (χ0v) is 12.5. The number of rotatable bonds is 1. The highest BCUT2D eigenvalue weighted by atomic mass is 15.2. The van der Waals surface area contributed by atoms with Crippen LogP contribution in [-0.4, -0.2) is 23.0 Å². The Hall–Kier alpha value is -1.28. The third-order valence-electron chi connectivity index (χ3n) is 5.43. The Morgan fingerprint density at radius 2 is 2.05 bits per heavy atom. The van der Waals surface area contributed by atoms with Crippen LogP contribution in [0, 0.1) is 11.8 Å². The van der Waals surface area contributed by atoms with Gasteiger partial charge < -0.3 is 4.98 Å². The molecule has 2 atom stereocenters. The average molecular weight is 268 g/mol. The van der Waals surface area contributed by atoms with Gasteiger partial charge in [0.25, 0.3) is 0 Å². The number of hydrogen-bond acceptors (Lipinski definition) is 1. The van der Waals surface area contributed by atoms with E-state index in [0.29, 0.717) is 6.04 Å². The van der Waals surface area contributed by atoms with Crippen molar-refractivity contribution in [3.63, 3.8) is 0 Å². The van der Waals surface area contributed by atoms with Crippen LogP contribution in [0.3, 0.4) is 0 Å². The molecule has 2 aliphatic heterocycles. The molecule has 3 heterocycles. The predicted octanol–water partition coefficient (Wildman–Crippen LogP) is 4.13. The van der Waals surface area contributed by atoms with Crippen LogP contribution in [0.2, 0.25) is 0 Å². The van der Waals surface area contributed by atoms with Crippen LogP contribution in [0.5, 0.6) is 0 Å². The average Bonchev–Trinajstić information content (AvgIpc) is 2.85. The minimum absolute atomic E-state index is 0.625. The van der Waals surface area contributed by atoms with E-state index in [4.69, 9.17) is 0 Å². The number of H-pyrrole nitrogens is 1. The van der Waals surface area contributed by atoms with Crippen molar-refractivity contribution in [3.8, 4) is 0 Å². The van der Waals surface area contributed by atoms with Crippen LogP contribution >= 0.6 is 0 Å². The van der Waals surface area contributed by atoms with Crippen molar-refractivity contribution in [3.05, 3.63) is 35.5 Å². The van der Waals surface area contributed by atoms with Gasteiger partial charge in [-0.1, -0.05) is 32.0 Å². The molecular weight excluding hydrogens is 244 g/mol. The van der Waals surface area contributed by atoms with Gasteiger partial charge in [-0.15, -0.1) is 0 Å². The Morgan fingerprint density at radius 1 is 1.20 bits per heavy atom. The van der Waals surface area contributed by atoms with Crippen molar-refractivity contribution >= 4 is 10.9 Å². The Morgan fingerprint density at radius 3 is 2.90 bits per heavy atom. The molecule has 0 spiro atoms. The van der Waals surface area contributed by atoms with Gasteiger partial charge in [-0.05, 0) is 49.3 Å². The fourth-order valence-electron chi connectivity index (χ4n) is 4.44. The molecule has 0 bridgehead atoms. The lowest BCUT2D eigenvalue weighted by molar-refractivity contribution is 0.0571. The molecule has 2 heteroatoms. The maximum Gasteiger partial charge on any atom is 0.0532 e. The first-order valence-electron chi connectivity index (χ1n) is 8.09. The maximum atomic E-state index is 3.76. The molecule has 0 radical (unpaired) electrons. The van der Waals surface area contributed by atoms with Crippen LogP contribution in [0.1, 0.15) is 44.0 Å². The summed E-state index contributed by atoms with van der Waals surface area (Å²) < 4.78 is 0. The first-order valence-corrected chi connectivity index (χ1v) is 8.09. The highest BCUT2D eigenvalue weighted by Crippen LogP contribution is 2.44. The van der Waals surface area contributed by atoms with Crippen molar-refractivity contribution < 1.29 is 0 Å². The minimum Gasteiger partial charge on any atom is -0.357 e. The van der Waals surface area contributed by atoms with Crippen LogP contribution in [0.15, 0.2) is 24.3 Å². The van der Waals surface area contributed by atoms with Gasteiger partial charge >= 0.3 is 0 Å². The summed E-state index contributed by atoms with van der Waals surface area (Å²) in [7, 11) is 0. The molecule has 106 valence electrons. The number of aromatic amines is 1. The lowest BCUT2D eigenvalue weighted by Crippen LogP contribution is -2.44. The number of hydrogen-bond donors (Lipinski definition) is 1. The third-order valence-corrected chi connectivity index (χ3v) is 5.43. The van der Waals surface area contributed by atoms with Gasteiger partial charge in [0.1, 0.15) is 0 Å². The molecule has 0 saturated carbocycles. The number of benzene rings is 1. The fourth-order valence-corrected chi connectivity index (χ4v) is 4.44. The van der Waals surface area contributed by atoms with E-state index in [1.807, 2.05) is 0 Å². The number of fused-ring (bicyclic) bond motifs is 5. The van der Waals surface area contributed by atoms with Gasteiger partial charge in [-0.25, -0.2) is 0 Å². The van der Waals surface area contributed by atoms with Gasteiger partial charge in [0.15, 0.2) is 0 Å². The van der Waals surface area contributed by atoms with E-state index in [1.165, 1.54) is 48.9 Å². The van der Waals surface area contributed by atoms with Crippen molar-refractivity contribution in [2.45, 2.75) is 39.2 Å². The molecule has 1 aromatic heterocycles. The lowest BCUT2D eigenvalue weighted by Gasteiger charge is -2.45. The van der Waals surface area contributed by atoms with E-state index in [9.17, 15) is 0 Å². The van der Waals surface area contributed by atoms with Gasteiger partial charge in [0, 0.05) is 23.1 Å². The fraction of sp³-hybridized carbons (Fsp3) is 0.556. The SMILES string of the molecule is CC(C)C1CCCN2CCc3c([nH]c4ccccc34)C12. The molecule has 1 aromatic carbocycles. The number of para-hydroxylation sites is 1. The van der Waals surface area contributed by atoms with Gasteiger partial charge in [0.05, 0.1) is 6.04 Å². The van der Waals surface area contributed by atoms with Crippen LogP contribution < -0.4 is 0 Å². The number of aromatic nitrogens is 1. The molecule has 1 fully saturated rings. The van der Waals surface area contributed by atoms with Crippen molar-refractivity contribution in [2.24, 2.45) is 11.8 Å². The zero-order chi connectivity index (χ0) is 13.7. The standard InChI is InChI=1S/C18H24N2/c1-12(2)13-7-5-10-20-11-9-15-14-6-3-4-8-16(14)19-17(15)18(13)20/h3-4,6,8,12-13,18-19H,5,7,9-11H2,1-2H3. The van der Waals surface area contributed by atoms with Gasteiger partial charge in [-0.2, -0.15) is 0 Å². The minimum atomic E-state index is 0.625. The lowest BCUT2D eigenvalue weighted by atomic mass is 9.77. The molecule has 2 aliphatic rings. The Bertz CT molecular complexity index is 625. The van der Waals surface area contributed by atoms with Gasteiger partial charge in [0.2, 0.25) is 0 Å². The van der Waals surface area contributed by atoms with Crippen molar-refractivity contribution in [1.82, 2.24) is 9.88 Å². The Labute approximate surface area is 121 Å². The van der Waals surface area contributed by atoms with Crippen molar-refractivity contribution in [2.75, 3.05) is 13.1 Å². The second kappa shape index (κ2) is 4.63. The van der Waals surface area contributed by atoms with Crippen molar-refractivity contribution in [1.29, 1.82) is 0 Å². The molecule has 2 nitrogen and oxygen atoms in total. The van der Waals surface area contributed by atoms with E-state index >= 15 is 0 Å². The van der Waals surface area contributed by atoms with Crippen LogP contribution in [-0.2, 0) is 6.42 Å². The van der Waals surface area contributed by atoms with E-state index in [2.05, 4.69) is 48.0 Å². The van der Waals surface area contributed by atoms with E-state index < -0.39 is 0 Å². The molecule has 1 saturated heterocycles. The largest absolute Gasteiger partial charge is 0.357 e. The summed E-state index contributed by atoms with van der Waals surface area (Å²) in [5.74, 6) is 1.57. The number of nitrogens with one attached hydrogen (secondary N) is 1. The van der Waals surface area contributed by atoms with E-state index in [0.717, 1.165) is 11.8 Å². The normalized spacial score (nSPS) is 26.8. The summed E-state index contributed by atoms with van der Waals surface area (Å²) in [5.41, 5.74) is 4.44. The Balaban J connectivity index is 1.86. The first-order chi connectivity index (χ1) is 9.75. The van der Waals surface area contributed by atoms with E-state index in [1.54, 1.807) is 5.56 Å². The molecule has 1 N–H and O–H groups in total. The van der Waals surface area contributed by atoms with E-state index in [-0.39, 0.29) is 0 Å². The highest BCUT2D eigenvalue weighted by molar-refractivity contribution is 5.85. The first kappa shape index (κ1) is 12.5. The second-order valence-electron chi connectivity index (χ2n) is 6.84. The molecule has 0 aliphatic carbocycles. The maximum absolute atomic E-state index is 3.76. The summed E-state index contributed by atoms with van der Waals surface area (Å²) in [6.07, 6.45) is 3.96. The quantitative estimate of drug-likeness (QED) is 0.824. The molecule has 2 aromatic rings. The highest BCUT2D eigenvalue weighted by Gasteiger charge is 2.39. The topological polar surface area (TPSA) is 19.0 Å². The summed E-state index contributed by atoms with van der Waals surface area (Å²) in [4.78, 5) is 6.49. The summed E-state index contributed by atoms with van der Waals surface area (Å²) in [6, 6.07) is 9.45. The summed E-state index contributed by atoms with van der Waals surface area (Å²) in [6.45, 7) is 7.31. The number of nitrogens with zero attached hydrogens (tertiary/aromatic N) is 1. The third kappa shape index (κ3) is 1.74.